The van der Waals surface area contributed by atoms with E-state index in [0.717, 1.165) is 11.8 Å². The average Bonchev–Trinajstić information content (AvgIpc) is 2.28. The summed E-state index contributed by atoms with van der Waals surface area (Å²) in [5.41, 5.74) is -1.29. The number of rotatable bonds is 5. The Morgan fingerprint density at radius 1 is 1.47 bits per heavy atom. The van der Waals surface area contributed by atoms with E-state index in [0.29, 0.717) is 6.42 Å². The van der Waals surface area contributed by atoms with Crippen LogP contribution in [0.3, 0.4) is 0 Å². The summed E-state index contributed by atoms with van der Waals surface area (Å²) in [4.78, 5) is 35.7. The minimum Gasteiger partial charge on any atom is -0.465 e. The summed E-state index contributed by atoms with van der Waals surface area (Å²) in [6, 6.07) is 0. The SMILES string of the molecule is CCOC(=O)[C@@H](CC)Sc1n[nH]c(=O)[nH]c1=O. The Balaban J connectivity index is 2.84. The lowest BCUT2D eigenvalue weighted by atomic mass is 10.3. The molecule has 17 heavy (non-hydrogen) atoms. The van der Waals surface area contributed by atoms with Crippen molar-refractivity contribution in [3.05, 3.63) is 20.8 Å². The first-order valence-corrected chi connectivity index (χ1v) is 5.98. The summed E-state index contributed by atoms with van der Waals surface area (Å²) in [6.07, 6.45) is 0.504. The fourth-order valence-electron chi connectivity index (χ4n) is 1.08. The molecule has 1 aromatic rings. The lowest BCUT2D eigenvalue weighted by Gasteiger charge is -2.11. The molecule has 94 valence electrons. The van der Waals surface area contributed by atoms with Gasteiger partial charge in [0.2, 0.25) is 0 Å². The Bertz CT molecular complexity index is 496. The Morgan fingerprint density at radius 3 is 2.71 bits per heavy atom. The number of aromatic amines is 2. The molecule has 0 fully saturated rings. The number of carbonyl (C=O) groups is 1. The molecular formula is C9H13N3O4S. The van der Waals surface area contributed by atoms with Crippen LogP contribution in [0, 0.1) is 0 Å². The maximum Gasteiger partial charge on any atom is 0.342 e. The van der Waals surface area contributed by atoms with Gasteiger partial charge in [-0.3, -0.25) is 14.6 Å². The number of esters is 1. The molecule has 1 aromatic heterocycles. The first-order chi connectivity index (χ1) is 8.08. The predicted molar refractivity (Wildman–Crippen MR) is 62.0 cm³/mol. The molecular weight excluding hydrogens is 246 g/mol. The molecule has 0 aliphatic heterocycles. The van der Waals surface area contributed by atoms with Gasteiger partial charge in [-0.2, -0.15) is 5.10 Å². The van der Waals surface area contributed by atoms with Crippen LogP contribution in [0.5, 0.6) is 0 Å². The van der Waals surface area contributed by atoms with E-state index in [1.807, 2.05) is 4.98 Å². The second-order valence-corrected chi connectivity index (χ2v) is 4.27. The van der Waals surface area contributed by atoms with Crippen molar-refractivity contribution in [3.63, 3.8) is 0 Å². The van der Waals surface area contributed by atoms with Gasteiger partial charge in [0, 0.05) is 0 Å². The van der Waals surface area contributed by atoms with Gasteiger partial charge in [-0.25, -0.2) is 9.89 Å². The highest BCUT2D eigenvalue weighted by Crippen LogP contribution is 2.20. The minimum absolute atomic E-state index is 0.0458. The van der Waals surface area contributed by atoms with E-state index in [9.17, 15) is 14.4 Å². The zero-order valence-corrected chi connectivity index (χ0v) is 10.3. The number of hydrogen-bond acceptors (Lipinski definition) is 6. The van der Waals surface area contributed by atoms with Crippen LogP contribution >= 0.6 is 11.8 Å². The number of H-pyrrole nitrogens is 2. The Kier molecular flexibility index (Phi) is 4.95. The van der Waals surface area contributed by atoms with Crippen molar-refractivity contribution in [1.82, 2.24) is 15.2 Å². The van der Waals surface area contributed by atoms with Crippen molar-refractivity contribution in [2.75, 3.05) is 6.61 Å². The molecule has 0 saturated carbocycles. The van der Waals surface area contributed by atoms with Gasteiger partial charge in [0.1, 0.15) is 5.25 Å². The minimum atomic E-state index is -0.677. The molecule has 0 radical (unpaired) electrons. The molecule has 0 unspecified atom stereocenters. The highest BCUT2D eigenvalue weighted by atomic mass is 32.2. The number of nitrogens with zero attached hydrogens (tertiary/aromatic N) is 1. The quantitative estimate of drug-likeness (QED) is 0.564. The number of nitrogens with one attached hydrogen (secondary N) is 2. The monoisotopic (exact) mass is 259 g/mol. The molecule has 0 amide bonds. The van der Waals surface area contributed by atoms with Crippen molar-refractivity contribution < 1.29 is 9.53 Å². The summed E-state index contributed by atoms with van der Waals surface area (Å²) < 4.78 is 4.86. The van der Waals surface area contributed by atoms with Gasteiger partial charge >= 0.3 is 11.7 Å². The molecule has 0 bridgehead atoms. The van der Waals surface area contributed by atoms with Crippen LogP contribution in [0.15, 0.2) is 14.6 Å². The van der Waals surface area contributed by atoms with Crippen LogP contribution in [0.25, 0.3) is 0 Å². The van der Waals surface area contributed by atoms with E-state index in [1.165, 1.54) is 0 Å². The molecule has 1 rings (SSSR count). The number of thioether (sulfide) groups is 1. The Labute approximate surface area is 101 Å². The van der Waals surface area contributed by atoms with Gasteiger partial charge < -0.3 is 4.74 Å². The van der Waals surface area contributed by atoms with Crippen molar-refractivity contribution in [3.8, 4) is 0 Å². The zero-order valence-electron chi connectivity index (χ0n) is 9.48. The lowest BCUT2D eigenvalue weighted by molar-refractivity contribution is -0.142. The molecule has 1 heterocycles. The van der Waals surface area contributed by atoms with Gasteiger partial charge in [0.15, 0.2) is 5.03 Å². The normalized spacial score (nSPS) is 12.1. The van der Waals surface area contributed by atoms with Crippen LogP contribution in [-0.2, 0) is 9.53 Å². The topological polar surface area (TPSA) is 105 Å². The molecule has 0 aliphatic rings. The van der Waals surface area contributed by atoms with Crippen molar-refractivity contribution >= 4 is 17.7 Å². The van der Waals surface area contributed by atoms with E-state index in [2.05, 4.69) is 10.2 Å². The van der Waals surface area contributed by atoms with E-state index in [1.54, 1.807) is 13.8 Å². The van der Waals surface area contributed by atoms with Crippen molar-refractivity contribution in [1.29, 1.82) is 0 Å². The second-order valence-electron chi connectivity index (χ2n) is 3.08. The maximum absolute atomic E-state index is 11.5. The molecule has 2 N–H and O–H groups in total. The van der Waals surface area contributed by atoms with Gasteiger partial charge in [-0.15, -0.1) is 0 Å². The standard InChI is InChI=1S/C9H13N3O4S/c1-3-5(8(14)16-4-2)17-7-6(13)10-9(15)12-11-7/h5H,3-4H2,1-2H3,(H2,10,12,13,15)/t5-/m1/s1. The van der Waals surface area contributed by atoms with Crippen LogP contribution in [0.2, 0.25) is 0 Å². The first-order valence-electron chi connectivity index (χ1n) is 5.10. The smallest absolute Gasteiger partial charge is 0.342 e. The van der Waals surface area contributed by atoms with E-state index in [-0.39, 0.29) is 11.6 Å². The third-order valence-electron chi connectivity index (χ3n) is 1.85. The highest BCUT2D eigenvalue weighted by molar-refractivity contribution is 8.00. The predicted octanol–water partition coefficient (Wildman–Crippen LogP) is -0.108. The summed E-state index contributed by atoms with van der Waals surface area (Å²) in [5.74, 6) is -0.396. The molecule has 8 heteroatoms. The molecule has 0 spiro atoms. The molecule has 0 aliphatic carbocycles. The van der Waals surface area contributed by atoms with E-state index >= 15 is 0 Å². The number of ether oxygens (including phenoxy) is 1. The van der Waals surface area contributed by atoms with Crippen molar-refractivity contribution in [2.24, 2.45) is 0 Å². The summed E-state index contributed by atoms with van der Waals surface area (Å²) in [6.45, 7) is 3.79. The van der Waals surface area contributed by atoms with Crippen LogP contribution < -0.4 is 11.2 Å². The molecule has 1 atom stereocenters. The van der Waals surface area contributed by atoms with Gasteiger partial charge in [-0.05, 0) is 13.3 Å². The Morgan fingerprint density at radius 2 is 2.18 bits per heavy atom. The van der Waals surface area contributed by atoms with Crippen LogP contribution in [0.4, 0.5) is 0 Å². The summed E-state index contributed by atoms with van der Waals surface area (Å²) >= 11 is 0.973. The fraction of sp³-hybridized carbons (Fsp3) is 0.556. The lowest BCUT2D eigenvalue weighted by Crippen LogP contribution is -2.27. The number of hydrogen-bond donors (Lipinski definition) is 2. The highest BCUT2D eigenvalue weighted by Gasteiger charge is 2.21. The number of aromatic nitrogens is 3. The zero-order chi connectivity index (χ0) is 12.8. The molecule has 0 saturated heterocycles. The third kappa shape index (κ3) is 3.74. The molecule has 0 aromatic carbocycles. The summed E-state index contributed by atoms with van der Waals surface area (Å²) in [7, 11) is 0. The van der Waals surface area contributed by atoms with Crippen molar-refractivity contribution in [2.45, 2.75) is 30.5 Å². The first kappa shape index (κ1) is 13.5. The average molecular weight is 259 g/mol. The Hall–Kier alpha value is -1.57. The fourth-order valence-corrected chi connectivity index (χ4v) is 1.94. The van der Waals surface area contributed by atoms with Gasteiger partial charge in [-0.1, -0.05) is 18.7 Å². The molecule has 7 nitrogen and oxygen atoms in total. The van der Waals surface area contributed by atoms with Gasteiger partial charge in [0.25, 0.3) is 5.56 Å². The van der Waals surface area contributed by atoms with Crippen LogP contribution in [-0.4, -0.2) is 33.0 Å². The van der Waals surface area contributed by atoms with Gasteiger partial charge in [0.05, 0.1) is 6.61 Å². The third-order valence-corrected chi connectivity index (χ3v) is 3.16. The summed E-state index contributed by atoms with van der Waals surface area (Å²) in [5, 5.41) is 5.23. The van der Waals surface area contributed by atoms with E-state index < -0.39 is 22.5 Å². The second kappa shape index (κ2) is 6.24. The van der Waals surface area contributed by atoms with Crippen LogP contribution in [0.1, 0.15) is 20.3 Å². The largest absolute Gasteiger partial charge is 0.465 e. The number of carbonyl (C=O) groups excluding carboxylic acids is 1. The van der Waals surface area contributed by atoms with E-state index in [4.69, 9.17) is 4.74 Å². The maximum atomic E-state index is 11.5.